The van der Waals surface area contributed by atoms with Gasteiger partial charge in [0.2, 0.25) is 0 Å². The van der Waals surface area contributed by atoms with Gasteiger partial charge in [-0.2, -0.15) is 8.61 Å². The highest BCUT2D eigenvalue weighted by molar-refractivity contribution is 7.99. The third-order valence-corrected chi connectivity index (χ3v) is 7.52. The predicted octanol–water partition coefficient (Wildman–Crippen LogP) is 7.21. The van der Waals surface area contributed by atoms with E-state index in [0.717, 1.165) is 32.5 Å². The van der Waals surface area contributed by atoms with Gasteiger partial charge in [-0.25, -0.2) is 4.79 Å². The SMILES string of the molecule is CCSN1C(=O)C(=C2c3cc(Cl)cc(Cl)c3-c3c(Cl)cc(Cl)cc32)C(=O)N(SCC)C1=O. The number of urea groups is 1. The van der Waals surface area contributed by atoms with E-state index in [1.807, 2.05) is 13.8 Å². The summed E-state index contributed by atoms with van der Waals surface area (Å²) < 4.78 is 2.00. The summed E-state index contributed by atoms with van der Waals surface area (Å²) in [5.74, 6) is -0.496. The maximum absolute atomic E-state index is 13.5. The fraction of sp³-hybridized carbons (Fsp3) is 0.190. The maximum atomic E-state index is 13.5. The average Bonchev–Trinajstić information content (AvgIpc) is 3.03. The van der Waals surface area contributed by atoms with Crippen LogP contribution >= 0.6 is 70.3 Å². The number of hydrogen-bond donors (Lipinski definition) is 0. The molecule has 0 saturated carbocycles. The van der Waals surface area contributed by atoms with Gasteiger partial charge in [-0.15, -0.1) is 0 Å². The number of barbiturate groups is 1. The topological polar surface area (TPSA) is 57.7 Å². The monoisotopic (exact) mass is 546 g/mol. The molecular formula is C21H14Cl4N2O3S2. The molecule has 11 heteroatoms. The Morgan fingerprint density at radius 1 is 0.688 bits per heavy atom. The Morgan fingerprint density at radius 2 is 1.09 bits per heavy atom. The number of imide groups is 2. The molecule has 166 valence electrons. The number of rotatable bonds is 4. The first-order chi connectivity index (χ1) is 15.2. The van der Waals surface area contributed by atoms with E-state index in [1.54, 1.807) is 24.3 Å². The zero-order valence-electron chi connectivity index (χ0n) is 16.7. The van der Waals surface area contributed by atoms with Crippen molar-refractivity contribution in [2.24, 2.45) is 0 Å². The second kappa shape index (κ2) is 9.12. The van der Waals surface area contributed by atoms with Gasteiger partial charge in [-0.05, 0) is 59.3 Å². The number of carbonyl (C=O) groups excluding carboxylic acids is 3. The van der Waals surface area contributed by atoms with Crippen LogP contribution in [0.2, 0.25) is 20.1 Å². The Labute approximate surface area is 213 Å². The minimum absolute atomic E-state index is 0.164. The molecule has 1 heterocycles. The van der Waals surface area contributed by atoms with Gasteiger partial charge in [-0.3, -0.25) is 9.59 Å². The van der Waals surface area contributed by atoms with Gasteiger partial charge in [0.1, 0.15) is 5.57 Å². The molecule has 0 unspecified atom stereocenters. The van der Waals surface area contributed by atoms with Gasteiger partial charge in [0.05, 0.1) is 10.0 Å². The molecule has 1 aliphatic heterocycles. The molecule has 1 aliphatic carbocycles. The second-order valence-corrected chi connectivity index (χ2v) is 10.8. The summed E-state index contributed by atoms with van der Waals surface area (Å²) in [6.45, 7) is 3.62. The zero-order chi connectivity index (χ0) is 23.3. The van der Waals surface area contributed by atoms with Gasteiger partial charge in [0.25, 0.3) is 11.8 Å². The van der Waals surface area contributed by atoms with Gasteiger partial charge >= 0.3 is 6.03 Å². The Bertz CT molecular complexity index is 1140. The standard InChI is InChI=1S/C21H14Cl4N2O3S2/c1-3-31-26-19(28)18(20(29)27(21(26)30)32-4-2)15-11-5-9(22)7-13(24)16(11)17-12(15)6-10(23)8-14(17)25/h5-8H,3-4H2,1-2H3. The molecule has 4 rings (SSSR count). The van der Waals surface area contributed by atoms with E-state index in [0.29, 0.717) is 59.4 Å². The fourth-order valence-corrected chi connectivity index (χ4v) is 6.26. The third kappa shape index (κ3) is 3.73. The van der Waals surface area contributed by atoms with Crippen LogP contribution in [0.15, 0.2) is 29.8 Å². The molecule has 32 heavy (non-hydrogen) atoms. The zero-order valence-corrected chi connectivity index (χ0v) is 21.3. The van der Waals surface area contributed by atoms with Crippen LogP contribution in [0.5, 0.6) is 0 Å². The largest absolute Gasteiger partial charge is 0.354 e. The van der Waals surface area contributed by atoms with Gasteiger partial charge in [0, 0.05) is 38.3 Å². The fourth-order valence-electron chi connectivity index (χ4n) is 3.71. The first-order valence-electron chi connectivity index (χ1n) is 9.43. The van der Waals surface area contributed by atoms with E-state index in [4.69, 9.17) is 46.4 Å². The number of benzene rings is 2. The van der Waals surface area contributed by atoms with Crippen molar-refractivity contribution in [2.75, 3.05) is 11.5 Å². The lowest BCUT2D eigenvalue weighted by molar-refractivity contribution is -0.129. The van der Waals surface area contributed by atoms with Crippen molar-refractivity contribution in [3.05, 3.63) is 61.1 Å². The molecule has 1 saturated heterocycles. The van der Waals surface area contributed by atoms with E-state index in [2.05, 4.69) is 0 Å². The molecule has 5 nitrogen and oxygen atoms in total. The van der Waals surface area contributed by atoms with Crippen LogP contribution in [0.3, 0.4) is 0 Å². The van der Waals surface area contributed by atoms with E-state index in [1.165, 1.54) is 0 Å². The number of halogens is 4. The second-order valence-electron chi connectivity index (χ2n) is 6.69. The first kappa shape index (κ1) is 23.8. The molecule has 2 aromatic rings. The number of fused-ring (bicyclic) bond motifs is 3. The Morgan fingerprint density at radius 3 is 1.47 bits per heavy atom. The Kier molecular flexibility index (Phi) is 6.78. The first-order valence-corrected chi connectivity index (χ1v) is 12.8. The summed E-state index contributed by atoms with van der Waals surface area (Å²) in [5.41, 5.74) is 2.21. The number of hydrogen-bond acceptors (Lipinski definition) is 5. The maximum Gasteiger partial charge on any atom is 0.354 e. The minimum Gasteiger partial charge on any atom is -0.267 e. The molecule has 0 atom stereocenters. The summed E-state index contributed by atoms with van der Waals surface area (Å²) in [6, 6.07) is 5.70. The number of nitrogens with zero attached hydrogens (tertiary/aromatic N) is 2. The van der Waals surface area contributed by atoms with Gasteiger partial charge < -0.3 is 0 Å². The molecule has 2 aliphatic rings. The molecule has 0 spiro atoms. The Balaban J connectivity index is 2.11. The molecular weight excluding hydrogens is 534 g/mol. The summed E-state index contributed by atoms with van der Waals surface area (Å²) in [4.78, 5) is 39.8. The quantitative estimate of drug-likeness (QED) is 0.196. The Hall–Kier alpha value is -1.35. The summed E-state index contributed by atoms with van der Waals surface area (Å²) >= 11 is 27.7. The van der Waals surface area contributed by atoms with Crippen molar-refractivity contribution >= 4 is 93.7 Å². The highest BCUT2D eigenvalue weighted by Gasteiger charge is 2.46. The molecule has 1 fully saturated rings. The molecule has 2 aromatic carbocycles. The predicted molar refractivity (Wildman–Crippen MR) is 133 cm³/mol. The van der Waals surface area contributed by atoms with Crippen molar-refractivity contribution in [3.63, 3.8) is 0 Å². The van der Waals surface area contributed by atoms with E-state index < -0.39 is 17.8 Å². The lowest BCUT2D eigenvalue weighted by Gasteiger charge is -2.32. The summed E-state index contributed by atoms with van der Waals surface area (Å²) in [7, 11) is 0. The van der Waals surface area contributed by atoms with Crippen molar-refractivity contribution in [1.29, 1.82) is 0 Å². The van der Waals surface area contributed by atoms with Gasteiger partial charge in [0.15, 0.2) is 0 Å². The van der Waals surface area contributed by atoms with Crippen LogP contribution in [0.25, 0.3) is 16.7 Å². The normalized spacial score (nSPS) is 15.6. The van der Waals surface area contributed by atoms with Crippen LogP contribution in [0.4, 0.5) is 4.79 Å². The molecule has 0 N–H and O–H groups in total. The summed E-state index contributed by atoms with van der Waals surface area (Å²) in [6.07, 6.45) is 0. The lowest BCUT2D eigenvalue weighted by atomic mass is 9.96. The molecule has 4 amide bonds. The number of amides is 4. The smallest absolute Gasteiger partial charge is 0.267 e. The van der Waals surface area contributed by atoms with Crippen molar-refractivity contribution in [3.8, 4) is 11.1 Å². The van der Waals surface area contributed by atoms with E-state index in [9.17, 15) is 14.4 Å². The van der Waals surface area contributed by atoms with Crippen LogP contribution in [-0.2, 0) is 9.59 Å². The highest BCUT2D eigenvalue weighted by Crippen LogP contribution is 2.54. The summed E-state index contributed by atoms with van der Waals surface area (Å²) in [5, 5.41) is 1.29. The molecule has 0 aromatic heterocycles. The van der Waals surface area contributed by atoms with Crippen molar-refractivity contribution in [2.45, 2.75) is 13.8 Å². The van der Waals surface area contributed by atoms with Crippen molar-refractivity contribution < 1.29 is 14.4 Å². The van der Waals surface area contributed by atoms with Gasteiger partial charge in [-0.1, -0.05) is 60.3 Å². The number of carbonyl (C=O) groups is 3. The van der Waals surface area contributed by atoms with Crippen LogP contribution in [-0.4, -0.2) is 38.0 Å². The molecule has 0 bridgehead atoms. The van der Waals surface area contributed by atoms with E-state index in [-0.39, 0.29) is 5.57 Å². The lowest BCUT2D eigenvalue weighted by Crippen LogP contribution is -2.51. The average molecular weight is 548 g/mol. The van der Waals surface area contributed by atoms with E-state index >= 15 is 0 Å². The van der Waals surface area contributed by atoms with Crippen LogP contribution < -0.4 is 0 Å². The highest BCUT2D eigenvalue weighted by atomic mass is 35.5. The minimum atomic E-state index is -0.708. The van der Waals surface area contributed by atoms with Crippen LogP contribution in [0, 0.1) is 0 Å². The molecule has 0 radical (unpaired) electrons. The van der Waals surface area contributed by atoms with Crippen LogP contribution in [0.1, 0.15) is 25.0 Å². The van der Waals surface area contributed by atoms with Crippen molar-refractivity contribution in [1.82, 2.24) is 8.61 Å². The third-order valence-electron chi connectivity index (χ3n) is 4.81.